The number of nitriles is 1. The van der Waals surface area contributed by atoms with Crippen LogP contribution in [0.5, 0.6) is 0 Å². The van der Waals surface area contributed by atoms with Gasteiger partial charge < -0.3 is 15.0 Å². The minimum absolute atomic E-state index is 0.0152. The van der Waals surface area contributed by atoms with E-state index in [4.69, 9.17) is 4.74 Å². The van der Waals surface area contributed by atoms with Crippen molar-refractivity contribution in [3.05, 3.63) is 11.8 Å². The van der Waals surface area contributed by atoms with E-state index in [1.54, 1.807) is 6.92 Å². The predicted molar refractivity (Wildman–Crippen MR) is 89.8 cm³/mol. The molecule has 0 bridgehead atoms. The zero-order valence-electron chi connectivity index (χ0n) is 14.2. The fraction of sp³-hybridized carbons (Fsp3) is 0.688. The molecule has 0 aromatic heterocycles. The van der Waals surface area contributed by atoms with Gasteiger partial charge in [-0.1, -0.05) is 0 Å². The van der Waals surface area contributed by atoms with Gasteiger partial charge in [0.1, 0.15) is 11.6 Å². The molecule has 9 heteroatoms. The van der Waals surface area contributed by atoms with E-state index in [9.17, 15) is 23.3 Å². The Hall–Kier alpha value is -2.08. The molecule has 0 radical (unpaired) electrons. The highest BCUT2D eigenvalue weighted by atomic mass is 32.2. The fourth-order valence-corrected chi connectivity index (χ4v) is 4.70. The lowest BCUT2D eigenvalue weighted by Crippen LogP contribution is -2.41. The van der Waals surface area contributed by atoms with Crippen molar-refractivity contribution in [3.8, 4) is 6.07 Å². The van der Waals surface area contributed by atoms with Gasteiger partial charge in [0.2, 0.25) is 0 Å². The first-order valence-corrected chi connectivity index (χ1v) is 10.2. The zero-order chi connectivity index (χ0) is 18.4. The summed E-state index contributed by atoms with van der Waals surface area (Å²) in [4.78, 5) is 25.7. The van der Waals surface area contributed by atoms with Crippen LogP contribution in [0.3, 0.4) is 0 Å². The van der Waals surface area contributed by atoms with Gasteiger partial charge in [0, 0.05) is 25.3 Å². The highest BCUT2D eigenvalue weighted by Crippen LogP contribution is 2.20. The molecule has 25 heavy (non-hydrogen) atoms. The van der Waals surface area contributed by atoms with Gasteiger partial charge in [0.25, 0.3) is 5.91 Å². The van der Waals surface area contributed by atoms with Crippen molar-refractivity contribution in [1.29, 1.82) is 5.26 Å². The number of amides is 1. The normalized spacial score (nSPS) is 23.8. The van der Waals surface area contributed by atoms with Crippen LogP contribution in [0, 0.1) is 17.2 Å². The van der Waals surface area contributed by atoms with E-state index >= 15 is 0 Å². The molecular weight excluding hydrogens is 346 g/mol. The number of hydrogen-bond acceptors (Lipinski definition) is 7. The number of piperidine rings is 1. The molecular formula is C16H23N3O5S. The molecule has 2 rings (SSSR count). The number of carbonyl (C=O) groups is 2. The molecule has 0 saturated carbocycles. The molecule has 1 unspecified atom stereocenters. The highest BCUT2D eigenvalue weighted by Gasteiger charge is 2.30. The number of nitrogens with one attached hydrogen (secondary N) is 1. The Labute approximate surface area is 147 Å². The highest BCUT2D eigenvalue weighted by molar-refractivity contribution is 7.91. The van der Waals surface area contributed by atoms with Gasteiger partial charge in [-0.2, -0.15) is 5.26 Å². The molecule has 1 amide bonds. The standard InChI is InChI=1S/C16H23N3O5S/c1-2-24-16(21)12-3-6-19(7-4-12)15(20)13(9-17)10-18-14-5-8-25(22,23)11-14/h10,12,14,18H,2-8,11H2,1H3/b13-10-. The molecule has 2 fully saturated rings. The Kier molecular flexibility index (Phi) is 6.42. The summed E-state index contributed by atoms with van der Waals surface area (Å²) < 4.78 is 27.9. The fourth-order valence-electron chi connectivity index (χ4n) is 3.02. The first-order valence-electron chi connectivity index (χ1n) is 8.39. The molecule has 0 aliphatic carbocycles. The number of esters is 1. The van der Waals surface area contributed by atoms with Crippen LogP contribution in [0.2, 0.25) is 0 Å². The predicted octanol–water partition coefficient (Wildman–Crippen LogP) is -0.0277. The molecule has 0 spiro atoms. The van der Waals surface area contributed by atoms with Gasteiger partial charge in [-0.25, -0.2) is 8.42 Å². The van der Waals surface area contributed by atoms with Crippen molar-refractivity contribution in [2.45, 2.75) is 32.2 Å². The summed E-state index contributed by atoms with van der Waals surface area (Å²) in [6.45, 7) is 2.86. The summed E-state index contributed by atoms with van der Waals surface area (Å²) in [6.07, 6.45) is 2.80. The maximum atomic E-state index is 12.4. The molecule has 8 nitrogen and oxygen atoms in total. The lowest BCUT2D eigenvalue weighted by Gasteiger charge is -2.30. The third-order valence-electron chi connectivity index (χ3n) is 4.45. The van der Waals surface area contributed by atoms with Crippen molar-refractivity contribution < 1.29 is 22.7 Å². The number of hydrogen-bond donors (Lipinski definition) is 1. The third-order valence-corrected chi connectivity index (χ3v) is 6.22. The van der Waals surface area contributed by atoms with E-state index in [0.29, 0.717) is 39.0 Å². The van der Waals surface area contributed by atoms with E-state index < -0.39 is 15.7 Å². The molecule has 1 N–H and O–H groups in total. The smallest absolute Gasteiger partial charge is 0.309 e. The van der Waals surface area contributed by atoms with Crippen molar-refractivity contribution in [1.82, 2.24) is 10.2 Å². The average Bonchev–Trinajstić information content (AvgIpc) is 2.94. The summed E-state index contributed by atoms with van der Waals surface area (Å²) in [5, 5.41) is 12.1. The van der Waals surface area contributed by atoms with Crippen molar-refractivity contribution in [2.75, 3.05) is 31.2 Å². The number of carbonyl (C=O) groups excluding carboxylic acids is 2. The Morgan fingerprint density at radius 1 is 1.32 bits per heavy atom. The maximum Gasteiger partial charge on any atom is 0.309 e. The van der Waals surface area contributed by atoms with E-state index in [0.717, 1.165) is 0 Å². The van der Waals surface area contributed by atoms with Crippen molar-refractivity contribution >= 4 is 21.7 Å². The summed E-state index contributed by atoms with van der Waals surface area (Å²) in [7, 11) is -3.02. The van der Waals surface area contributed by atoms with Crippen LogP contribution in [0.1, 0.15) is 26.2 Å². The summed E-state index contributed by atoms with van der Waals surface area (Å²) in [5.41, 5.74) is -0.0566. The van der Waals surface area contributed by atoms with E-state index in [1.165, 1.54) is 11.1 Å². The molecule has 138 valence electrons. The molecule has 0 aromatic carbocycles. The minimum atomic E-state index is -3.02. The van der Waals surface area contributed by atoms with Crippen molar-refractivity contribution in [2.24, 2.45) is 5.92 Å². The molecule has 2 saturated heterocycles. The van der Waals surface area contributed by atoms with Gasteiger partial charge in [0.15, 0.2) is 9.84 Å². The number of sulfone groups is 1. The number of nitrogens with zero attached hydrogens (tertiary/aromatic N) is 2. The van der Waals surface area contributed by atoms with Gasteiger partial charge in [0.05, 0.1) is 24.0 Å². The Morgan fingerprint density at radius 3 is 2.52 bits per heavy atom. The number of likely N-dealkylation sites (tertiary alicyclic amines) is 1. The summed E-state index contributed by atoms with van der Waals surface area (Å²) >= 11 is 0. The quantitative estimate of drug-likeness (QED) is 0.411. The third kappa shape index (κ3) is 5.19. The lowest BCUT2D eigenvalue weighted by atomic mass is 9.96. The van der Waals surface area contributed by atoms with Crippen LogP contribution in [-0.4, -0.2) is 62.4 Å². The first-order chi connectivity index (χ1) is 11.9. The lowest BCUT2D eigenvalue weighted by molar-refractivity contribution is -0.150. The van der Waals surface area contributed by atoms with Crippen LogP contribution in [0.4, 0.5) is 0 Å². The molecule has 1 atom stereocenters. The van der Waals surface area contributed by atoms with Crippen LogP contribution in [0.25, 0.3) is 0 Å². The molecule has 2 aliphatic rings. The number of ether oxygens (including phenoxy) is 1. The Bertz CT molecular complexity index is 687. The maximum absolute atomic E-state index is 12.4. The van der Waals surface area contributed by atoms with Gasteiger partial charge in [-0.05, 0) is 26.2 Å². The first kappa shape index (κ1) is 19.2. The average molecular weight is 369 g/mol. The van der Waals surface area contributed by atoms with Gasteiger partial charge >= 0.3 is 5.97 Å². The number of rotatable bonds is 5. The molecule has 0 aromatic rings. The van der Waals surface area contributed by atoms with Crippen molar-refractivity contribution in [3.63, 3.8) is 0 Å². The zero-order valence-corrected chi connectivity index (χ0v) is 15.0. The van der Waals surface area contributed by atoms with E-state index in [-0.39, 0.29) is 35.0 Å². The second-order valence-corrected chi connectivity index (χ2v) is 8.48. The topological polar surface area (TPSA) is 117 Å². The van der Waals surface area contributed by atoms with Crippen LogP contribution in [0.15, 0.2) is 11.8 Å². The van der Waals surface area contributed by atoms with E-state index in [1.807, 2.05) is 6.07 Å². The second kappa shape index (κ2) is 8.34. The monoisotopic (exact) mass is 369 g/mol. The molecule has 2 aliphatic heterocycles. The Balaban J connectivity index is 1.89. The molecule has 2 heterocycles. The van der Waals surface area contributed by atoms with E-state index in [2.05, 4.69) is 5.32 Å². The van der Waals surface area contributed by atoms with Crippen LogP contribution >= 0.6 is 0 Å². The second-order valence-electron chi connectivity index (χ2n) is 6.25. The summed E-state index contributed by atoms with van der Waals surface area (Å²) in [5.74, 6) is -0.718. The Morgan fingerprint density at radius 2 is 2.00 bits per heavy atom. The van der Waals surface area contributed by atoms with Crippen LogP contribution < -0.4 is 5.32 Å². The van der Waals surface area contributed by atoms with Gasteiger partial charge in [-0.3, -0.25) is 9.59 Å². The minimum Gasteiger partial charge on any atom is -0.466 e. The van der Waals surface area contributed by atoms with Gasteiger partial charge in [-0.15, -0.1) is 0 Å². The SMILES string of the molecule is CCOC(=O)C1CCN(C(=O)/C(C#N)=C\NC2CCS(=O)(=O)C2)CC1. The summed E-state index contributed by atoms with van der Waals surface area (Å²) in [6, 6.07) is 1.60. The largest absolute Gasteiger partial charge is 0.466 e. The van der Waals surface area contributed by atoms with Crippen LogP contribution in [-0.2, 0) is 24.2 Å².